The number of nitrogens with zero attached hydrogens (tertiary/aromatic N) is 2. The number of halogens is 1. The highest BCUT2D eigenvalue weighted by molar-refractivity contribution is 9.10. The number of hydrogen-bond acceptors (Lipinski definition) is 4. The number of fused-ring (bicyclic) bond motifs is 1. The smallest absolute Gasteiger partial charge is 0.261 e. The van der Waals surface area contributed by atoms with Gasteiger partial charge in [-0.3, -0.25) is 14.2 Å². The summed E-state index contributed by atoms with van der Waals surface area (Å²) >= 11 is 3.34. The third-order valence-electron chi connectivity index (χ3n) is 3.83. The molecule has 0 aliphatic carbocycles. The molecule has 1 aromatic heterocycles. The SMILES string of the molecule is O=C(CCn1cnc2ccc(Br)cc2c1=O)NCc1ccccc1O. The lowest BCUT2D eigenvalue weighted by Crippen LogP contribution is -2.27. The van der Waals surface area contributed by atoms with Gasteiger partial charge in [0.2, 0.25) is 5.91 Å². The van der Waals surface area contributed by atoms with Crippen molar-refractivity contribution in [1.82, 2.24) is 14.9 Å². The van der Waals surface area contributed by atoms with E-state index in [9.17, 15) is 14.7 Å². The van der Waals surface area contributed by atoms with E-state index in [0.717, 1.165) is 4.47 Å². The van der Waals surface area contributed by atoms with Crippen LogP contribution in [0.4, 0.5) is 0 Å². The van der Waals surface area contributed by atoms with Gasteiger partial charge < -0.3 is 10.4 Å². The van der Waals surface area contributed by atoms with Gasteiger partial charge in [-0.05, 0) is 24.3 Å². The van der Waals surface area contributed by atoms with Crippen molar-refractivity contribution in [1.29, 1.82) is 0 Å². The van der Waals surface area contributed by atoms with Crippen LogP contribution in [0.2, 0.25) is 0 Å². The highest BCUT2D eigenvalue weighted by Gasteiger charge is 2.08. The summed E-state index contributed by atoms with van der Waals surface area (Å²) in [5.41, 5.74) is 1.08. The molecule has 0 saturated heterocycles. The summed E-state index contributed by atoms with van der Waals surface area (Å²) in [6, 6.07) is 12.1. The Labute approximate surface area is 152 Å². The number of aryl methyl sites for hydroxylation is 1. The average molecular weight is 402 g/mol. The lowest BCUT2D eigenvalue weighted by molar-refractivity contribution is -0.121. The first-order valence-corrected chi connectivity index (χ1v) is 8.52. The van der Waals surface area contributed by atoms with Crippen LogP contribution in [0, 0.1) is 0 Å². The van der Waals surface area contributed by atoms with Gasteiger partial charge in [-0.25, -0.2) is 4.98 Å². The summed E-state index contributed by atoms with van der Waals surface area (Å²) in [7, 11) is 0. The molecule has 0 aliphatic heterocycles. The minimum atomic E-state index is -0.204. The lowest BCUT2D eigenvalue weighted by atomic mass is 10.2. The number of benzene rings is 2. The van der Waals surface area contributed by atoms with Crippen molar-refractivity contribution in [2.24, 2.45) is 0 Å². The third-order valence-corrected chi connectivity index (χ3v) is 4.33. The first-order valence-electron chi connectivity index (χ1n) is 7.73. The van der Waals surface area contributed by atoms with E-state index in [0.29, 0.717) is 16.5 Å². The van der Waals surface area contributed by atoms with E-state index in [1.807, 2.05) is 6.07 Å². The van der Waals surface area contributed by atoms with E-state index in [-0.39, 0.29) is 36.7 Å². The Balaban J connectivity index is 1.64. The second kappa shape index (κ2) is 7.48. The molecule has 3 rings (SSSR count). The van der Waals surface area contributed by atoms with Crippen molar-refractivity contribution in [2.45, 2.75) is 19.5 Å². The molecule has 0 aliphatic rings. The fourth-order valence-corrected chi connectivity index (χ4v) is 2.82. The quantitative estimate of drug-likeness (QED) is 0.687. The largest absolute Gasteiger partial charge is 0.508 e. The van der Waals surface area contributed by atoms with Gasteiger partial charge in [0.15, 0.2) is 0 Å². The summed E-state index contributed by atoms with van der Waals surface area (Å²) in [5, 5.41) is 12.9. The van der Waals surface area contributed by atoms with Gasteiger partial charge in [0, 0.05) is 29.5 Å². The van der Waals surface area contributed by atoms with Crippen LogP contribution in [0.5, 0.6) is 5.75 Å². The van der Waals surface area contributed by atoms with Crippen molar-refractivity contribution >= 4 is 32.7 Å². The molecule has 0 bridgehead atoms. The Hall–Kier alpha value is -2.67. The van der Waals surface area contributed by atoms with Gasteiger partial charge in [0.1, 0.15) is 5.75 Å². The third kappa shape index (κ3) is 4.06. The Morgan fingerprint density at radius 1 is 1.24 bits per heavy atom. The van der Waals surface area contributed by atoms with Crippen LogP contribution in [-0.2, 0) is 17.9 Å². The molecule has 6 nitrogen and oxygen atoms in total. The first kappa shape index (κ1) is 17.2. The minimum Gasteiger partial charge on any atom is -0.508 e. The molecule has 3 aromatic rings. The number of phenols is 1. The predicted molar refractivity (Wildman–Crippen MR) is 98.3 cm³/mol. The summed E-state index contributed by atoms with van der Waals surface area (Å²) in [6.07, 6.45) is 1.60. The molecular weight excluding hydrogens is 386 g/mol. The number of nitrogens with one attached hydrogen (secondary N) is 1. The van der Waals surface area contributed by atoms with Crippen LogP contribution in [0.25, 0.3) is 10.9 Å². The summed E-state index contributed by atoms with van der Waals surface area (Å²) in [6.45, 7) is 0.476. The van der Waals surface area contributed by atoms with Crippen molar-refractivity contribution in [3.8, 4) is 5.75 Å². The molecule has 0 radical (unpaired) electrons. The van der Waals surface area contributed by atoms with Gasteiger partial charge in [0.25, 0.3) is 5.56 Å². The highest BCUT2D eigenvalue weighted by Crippen LogP contribution is 2.15. The number of amides is 1. The zero-order valence-corrected chi connectivity index (χ0v) is 14.9. The first-order chi connectivity index (χ1) is 12.0. The maximum absolute atomic E-state index is 12.5. The van der Waals surface area contributed by atoms with Gasteiger partial charge >= 0.3 is 0 Å². The monoisotopic (exact) mass is 401 g/mol. The second-order valence-electron chi connectivity index (χ2n) is 5.56. The summed E-state index contributed by atoms with van der Waals surface area (Å²) < 4.78 is 2.23. The minimum absolute atomic E-state index is 0.142. The topological polar surface area (TPSA) is 84.2 Å². The molecular formula is C18H16BrN3O3. The molecule has 25 heavy (non-hydrogen) atoms. The molecule has 0 atom stereocenters. The molecule has 1 heterocycles. The number of rotatable bonds is 5. The van der Waals surface area contributed by atoms with E-state index in [1.165, 1.54) is 10.9 Å². The van der Waals surface area contributed by atoms with Crippen molar-refractivity contribution in [3.63, 3.8) is 0 Å². The molecule has 2 N–H and O–H groups in total. The highest BCUT2D eigenvalue weighted by atomic mass is 79.9. The van der Waals surface area contributed by atoms with Gasteiger partial charge in [-0.15, -0.1) is 0 Å². The van der Waals surface area contributed by atoms with Crippen LogP contribution < -0.4 is 10.9 Å². The van der Waals surface area contributed by atoms with Gasteiger partial charge in [-0.2, -0.15) is 0 Å². The average Bonchev–Trinajstić information content (AvgIpc) is 2.61. The van der Waals surface area contributed by atoms with Gasteiger partial charge in [0.05, 0.1) is 17.2 Å². The normalized spacial score (nSPS) is 10.8. The zero-order chi connectivity index (χ0) is 17.8. The van der Waals surface area contributed by atoms with E-state index >= 15 is 0 Å². The van der Waals surface area contributed by atoms with Crippen molar-refractivity contribution in [3.05, 3.63) is 69.2 Å². The maximum atomic E-state index is 12.5. The van der Waals surface area contributed by atoms with Crippen LogP contribution >= 0.6 is 15.9 Å². The molecule has 7 heteroatoms. The lowest BCUT2D eigenvalue weighted by Gasteiger charge is -2.09. The van der Waals surface area contributed by atoms with Crippen LogP contribution in [-0.4, -0.2) is 20.6 Å². The number of phenolic OH excluding ortho intramolecular Hbond substituents is 1. The molecule has 2 aromatic carbocycles. The fourth-order valence-electron chi connectivity index (χ4n) is 2.45. The van der Waals surface area contributed by atoms with Crippen LogP contribution in [0.3, 0.4) is 0 Å². The molecule has 128 valence electrons. The molecule has 0 spiro atoms. The fraction of sp³-hybridized carbons (Fsp3) is 0.167. The number of hydrogen-bond donors (Lipinski definition) is 2. The van der Waals surface area contributed by atoms with E-state index in [2.05, 4.69) is 26.2 Å². The summed E-state index contributed by atoms with van der Waals surface area (Å²) in [4.78, 5) is 28.7. The zero-order valence-electron chi connectivity index (χ0n) is 13.3. The standard InChI is InChI=1S/C18H16BrN3O3/c19-13-5-6-15-14(9-13)18(25)22(11-21-15)8-7-17(24)20-10-12-3-1-2-4-16(12)23/h1-6,9,11,23H,7-8,10H2,(H,20,24). The van der Waals surface area contributed by atoms with E-state index in [1.54, 1.807) is 36.4 Å². The molecule has 0 unspecified atom stereocenters. The number of aromatic nitrogens is 2. The number of carbonyl (C=O) groups excluding carboxylic acids is 1. The Morgan fingerprint density at radius 2 is 2.04 bits per heavy atom. The van der Waals surface area contributed by atoms with E-state index < -0.39 is 0 Å². The second-order valence-corrected chi connectivity index (χ2v) is 6.48. The Kier molecular flexibility index (Phi) is 5.14. The molecule has 0 saturated carbocycles. The Morgan fingerprint density at radius 3 is 2.84 bits per heavy atom. The summed E-state index contributed by atoms with van der Waals surface area (Å²) in [5.74, 6) is -0.0622. The van der Waals surface area contributed by atoms with Crippen LogP contribution in [0.15, 0.2) is 58.1 Å². The number of carbonyl (C=O) groups is 1. The number of aromatic hydroxyl groups is 1. The van der Waals surface area contributed by atoms with Crippen molar-refractivity contribution in [2.75, 3.05) is 0 Å². The maximum Gasteiger partial charge on any atom is 0.261 e. The van der Waals surface area contributed by atoms with Gasteiger partial charge in [-0.1, -0.05) is 34.1 Å². The number of para-hydroxylation sites is 1. The predicted octanol–water partition coefficient (Wildman–Crippen LogP) is 2.57. The van der Waals surface area contributed by atoms with Crippen LogP contribution in [0.1, 0.15) is 12.0 Å². The van der Waals surface area contributed by atoms with Crippen molar-refractivity contribution < 1.29 is 9.90 Å². The molecule has 0 fully saturated rings. The van der Waals surface area contributed by atoms with E-state index in [4.69, 9.17) is 0 Å². The molecule has 1 amide bonds. The Bertz CT molecular complexity index is 985.